The Morgan fingerprint density at radius 1 is 0.524 bits per heavy atom. The second-order valence-corrected chi connectivity index (χ2v) is 18.0. The molecule has 1 aliphatic rings. The minimum Gasteiger partial charge on any atom is -0.458 e. The summed E-state index contributed by atoms with van der Waals surface area (Å²) in [7, 11) is -2.83. The molecule has 0 N–H and O–H groups in total. The van der Waals surface area contributed by atoms with Crippen molar-refractivity contribution in [3.63, 3.8) is 0 Å². The van der Waals surface area contributed by atoms with E-state index in [0.717, 1.165) is 0 Å². The van der Waals surface area contributed by atoms with E-state index in [4.69, 9.17) is 0 Å². The summed E-state index contributed by atoms with van der Waals surface area (Å²) >= 11 is 0. The Morgan fingerprint density at radius 2 is 0.786 bits per heavy atom. The largest absolute Gasteiger partial charge is 0.458 e. The molecule has 1 nitrogen and oxygen atoms in total. The van der Waals surface area contributed by atoms with Crippen molar-refractivity contribution in [1.82, 2.24) is 0 Å². The predicted octanol–water partition coefficient (Wildman–Crippen LogP) is 9.41. The molecule has 0 saturated carbocycles. The van der Waals surface area contributed by atoms with Crippen molar-refractivity contribution in [3.05, 3.63) is 58.7 Å². The van der Waals surface area contributed by atoms with Crippen LogP contribution >= 0.6 is 7.26 Å². The Balaban J connectivity index is 2.63. The average molecular weight is 637 g/mol. The van der Waals surface area contributed by atoms with Crippen LogP contribution in [0.4, 0.5) is 52.7 Å². The second-order valence-electron chi connectivity index (χ2n) is 12.7. The van der Waals surface area contributed by atoms with E-state index >= 15 is 0 Å². The molecule has 0 fully saturated rings. The summed E-state index contributed by atoms with van der Waals surface area (Å²) in [6.45, 7) is 12.2. The van der Waals surface area contributed by atoms with Crippen LogP contribution in [0.3, 0.4) is 0 Å². The molecule has 15 heteroatoms. The van der Waals surface area contributed by atoms with E-state index in [1.54, 1.807) is 41.5 Å². The molecular weight excluding hydrogens is 608 g/mol. The van der Waals surface area contributed by atoms with Crippen molar-refractivity contribution in [2.75, 3.05) is 6.06 Å². The summed E-state index contributed by atoms with van der Waals surface area (Å²) < 4.78 is 167. The Hall–Kier alpha value is -2.24. The van der Waals surface area contributed by atoms with Crippen LogP contribution in [0, 0.1) is 0 Å². The molecule has 0 saturated heterocycles. The summed E-state index contributed by atoms with van der Waals surface area (Å²) in [6.07, 6.45) is -24.6. The Kier molecular flexibility index (Phi) is 8.07. The fraction of sp³-hybridized carbons (Fsp3) is 0.519. The molecule has 0 aromatic heterocycles. The van der Waals surface area contributed by atoms with Gasteiger partial charge >= 0.3 is 24.7 Å². The van der Waals surface area contributed by atoms with Crippen LogP contribution in [0.15, 0.2) is 41.3 Å². The van der Waals surface area contributed by atoms with Crippen molar-refractivity contribution < 1.29 is 52.7 Å². The van der Waals surface area contributed by atoms with Crippen molar-refractivity contribution in [3.8, 4) is 0 Å². The third kappa shape index (κ3) is 5.93. The molecule has 2 aromatic rings. The molecule has 0 aliphatic carbocycles. The fourth-order valence-corrected chi connectivity index (χ4v) is 13.6. The SMILES string of the molecule is CC1=N[B-](c2cc(C(F)(F)F)cc(C(F)(F)F)c2)(c2cc(C(F)(F)F)cc(C(F)(F)F)c2)C[P+]1(C(C)(C)C)C(C)(C)C. The van der Waals surface area contributed by atoms with Crippen LogP contribution in [0.5, 0.6) is 0 Å². The van der Waals surface area contributed by atoms with Gasteiger partial charge in [0.2, 0.25) is 0 Å². The van der Waals surface area contributed by atoms with E-state index in [2.05, 4.69) is 4.90 Å². The van der Waals surface area contributed by atoms with E-state index in [9.17, 15) is 52.7 Å². The van der Waals surface area contributed by atoms with E-state index in [-0.39, 0.29) is 18.2 Å². The molecule has 0 radical (unpaired) electrons. The smallest absolute Gasteiger partial charge is 0.416 e. The summed E-state index contributed by atoms with van der Waals surface area (Å²) in [5.74, 6) is 0. The number of nitrogens with zero attached hydrogens (tertiary/aromatic N) is 1. The van der Waals surface area contributed by atoms with Gasteiger partial charge in [0.1, 0.15) is 5.45 Å². The van der Waals surface area contributed by atoms with Gasteiger partial charge in [0.15, 0.2) is 6.28 Å². The van der Waals surface area contributed by atoms with Gasteiger partial charge in [-0.25, -0.2) is 0 Å². The summed E-state index contributed by atoms with van der Waals surface area (Å²) in [5.41, 5.74) is -8.14. The standard InChI is InChI=1S/C27H29BF12NP/c1-15-41-28(14-42(15,22(2,3)4)23(5,6)7,20-10-16(24(29,30)31)8-17(11-20)25(32,33)34)21-12-18(26(35,36)37)9-19(13-21)27(38,39)40/h8-13H,14H2,1-7H3. The maximum atomic E-state index is 13.9. The van der Waals surface area contributed by atoms with Crippen LogP contribution in [0.2, 0.25) is 0 Å². The minimum absolute atomic E-state index is 0.137. The third-order valence-electron chi connectivity index (χ3n) is 8.11. The number of rotatable bonds is 2. The van der Waals surface area contributed by atoms with Crippen molar-refractivity contribution >= 4 is 29.9 Å². The minimum atomic E-state index is -5.31. The van der Waals surface area contributed by atoms with Crippen molar-refractivity contribution in [2.45, 2.75) is 83.5 Å². The first-order valence-electron chi connectivity index (χ1n) is 12.7. The highest BCUT2D eigenvalue weighted by molar-refractivity contribution is 7.96. The van der Waals surface area contributed by atoms with Crippen LogP contribution in [-0.4, -0.2) is 28.1 Å². The normalized spacial score (nSPS) is 18.3. The van der Waals surface area contributed by atoms with E-state index in [1.807, 2.05) is 0 Å². The van der Waals surface area contributed by atoms with Gasteiger partial charge in [-0.05, 0) is 59.7 Å². The van der Waals surface area contributed by atoms with Gasteiger partial charge in [-0.15, -0.1) is 0 Å². The Labute approximate surface area is 236 Å². The second kappa shape index (κ2) is 9.89. The third-order valence-corrected chi connectivity index (χ3v) is 15.0. The summed E-state index contributed by atoms with van der Waals surface area (Å²) in [5, 5.41) is -1.46. The zero-order valence-corrected chi connectivity index (χ0v) is 24.6. The van der Waals surface area contributed by atoms with Gasteiger partial charge in [0.25, 0.3) is 0 Å². The average Bonchev–Trinajstić information content (AvgIpc) is 3.12. The molecule has 1 heterocycles. The topological polar surface area (TPSA) is 12.4 Å². The van der Waals surface area contributed by atoms with Crippen molar-refractivity contribution in [1.29, 1.82) is 0 Å². The lowest BCUT2D eigenvalue weighted by Crippen LogP contribution is -2.61. The highest BCUT2D eigenvalue weighted by Crippen LogP contribution is 2.80. The molecule has 3 rings (SSSR count). The first-order chi connectivity index (χ1) is 18.5. The lowest BCUT2D eigenvalue weighted by molar-refractivity contribution is -0.144. The van der Waals surface area contributed by atoms with Crippen LogP contribution in [0.1, 0.15) is 70.7 Å². The monoisotopic (exact) mass is 637 g/mol. The molecule has 0 atom stereocenters. The zero-order chi connectivity index (χ0) is 32.7. The number of benzene rings is 2. The summed E-state index contributed by atoms with van der Waals surface area (Å²) in [4.78, 5) is 4.60. The molecule has 0 bridgehead atoms. The number of hydrogen-bond acceptors (Lipinski definition) is 1. The number of alkyl halides is 12. The van der Waals surface area contributed by atoms with E-state index in [0.29, 0.717) is 29.7 Å². The van der Waals surface area contributed by atoms with Gasteiger partial charge in [-0.2, -0.15) is 63.6 Å². The first kappa shape index (κ1) is 34.3. The number of halogens is 12. The lowest BCUT2D eigenvalue weighted by Gasteiger charge is -2.48. The summed E-state index contributed by atoms with van der Waals surface area (Å²) in [6, 6.07) is 0.860. The van der Waals surface area contributed by atoms with Gasteiger partial charge in [0, 0.05) is 14.2 Å². The molecule has 234 valence electrons. The zero-order valence-electron chi connectivity index (χ0n) is 23.7. The quantitative estimate of drug-likeness (QED) is 0.177. The fourth-order valence-electron chi connectivity index (χ4n) is 6.57. The number of hydrogen-bond donors (Lipinski definition) is 0. The maximum absolute atomic E-state index is 13.9. The molecule has 42 heavy (non-hydrogen) atoms. The van der Waals surface area contributed by atoms with E-state index < -0.39 is 81.7 Å². The Morgan fingerprint density at radius 3 is 0.976 bits per heavy atom. The lowest BCUT2D eigenvalue weighted by atomic mass is 9.29. The van der Waals surface area contributed by atoms with Gasteiger partial charge < -0.3 is 4.90 Å². The van der Waals surface area contributed by atoms with Gasteiger partial charge in [0.05, 0.1) is 32.6 Å². The van der Waals surface area contributed by atoms with Gasteiger partial charge in [-0.3, -0.25) is 0 Å². The highest BCUT2D eigenvalue weighted by Gasteiger charge is 2.64. The first-order valence-corrected chi connectivity index (χ1v) is 14.7. The molecule has 0 unspecified atom stereocenters. The van der Waals surface area contributed by atoms with E-state index in [1.165, 1.54) is 6.92 Å². The molecular formula is C27H29BF12NP. The van der Waals surface area contributed by atoms with Crippen LogP contribution in [-0.2, 0) is 24.7 Å². The van der Waals surface area contributed by atoms with Crippen LogP contribution < -0.4 is 10.9 Å². The molecule has 2 aromatic carbocycles. The molecule has 0 amide bonds. The highest BCUT2D eigenvalue weighted by atomic mass is 31.2. The molecule has 0 spiro atoms. The molecule has 1 aliphatic heterocycles. The Bertz CT molecular complexity index is 1230. The van der Waals surface area contributed by atoms with Gasteiger partial charge in [-0.1, -0.05) is 24.3 Å². The van der Waals surface area contributed by atoms with Crippen LogP contribution in [0.25, 0.3) is 0 Å². The van der Waals surface area contributed by atoms with Crippen molar-refractivity contribution in [2.24, 2.45) is 4.90 Å². The predicted molar refractivity (Wildman–Crippen MR) is 142 cm³/mol. The maximum Gasteiger partial charge on any atom is 0.416 e.